The Kier molecular flexibility index (Phi) is 9.31. The maximum Gasteiger partial charge on any atom is 0.864 e. The Balaban J connectivity index is 2.10. The van der Waals surface area contributed by atoms with Gasteiger partial charge in [-0.25, -0.2) is 0 Å². The van der Waals surface area contributed by atoms with Crippen LogP contribution in [-0.4, -0.2) is 22.3 Å². The first-order valence-electron chi connectivity index (χ1n) is 12.5. The first kappa shape index (κ1) is 25.5. The molecule has 6 nitrogen and oxygen atoms in total. The van der Waals surface area contributed by atoms with Crippen molar-refractivity contribution in [1.82, 2.24) is 15.0 Å². The van der Waals surface area contributed by atoms with Crippen LogP contribution < -0.4 is 14.0 Å². The molecule has 0 N–H and O–H groups in total. The van der Waals surface area contributed by atoms with Crippen LogP contribution >= 0.6 is 0 Å². The minimum Gasteiger partial charge on any atom is -0.488 e. The lowest BCUT2D eigenvalue weighted by Crippen LogP contribution is -2.39. The van der Waals surface area contributed by atoms with Crippen molar-refractivity contribution in [2.45, 2.75) is 80.1 Å². The monoisotopic (exact) mass is 461 g/mol. The van der Waals surface area contributed by atoms with Crippen LogP contribution in [0.5, 0.6) is 17.2 Å². The number of hydrogen-bond acceptors (Lipinski definition) is 6. The van der Waals surface area contributed by atoms with E-state index in [-0.39, 0.29) is 0 Å². The van der Waals surface area contributed by atoms with Gasteiger partial charge in [0.2, 0.25) is 0 Å². The van der Waals surface area contributed by atoms with E-state index in [9.17, 15) is 0 Å². The van der Waals surface area contributed by atoms with Crippen LogP contribution in [0, 0.1) is 0 Å². The molecule has 0 aromatic carbocycles. The van der Waals surface area contributed by atoms with Crippen molar-refractivity contribution in [3.05, 3.63) is 70.6 Å². The van der Waals surface area contributed by atoms with E-state index in [0.29, 0.717) is 0 Å². The fourth-order valence-corrected chi connectivity index (χ4v) is 3.99. The van der Waals surface area contributed by atoms with Crippen molar-refractivity contribution >= 4 is 7.32 Å². The lowest BCUT2D eigenvalue weighted by Gasteiger charge is -2.23. The second kappa shape index (κ2) is 12.4. The molecule has 0 saturated carbocycles. The highest BCUT2D eigenvalue weighted by molar-refractivity contribution is 6.39. The van der Waals surface area contributed by atoms with E-state index in [1.807, 2.05) is 36.8 Å². The van der Waals surface area contributed by atoms with Gasteiger partial charge < -0.3 is 14.0 Å². The van der Waals surface area contributed by atoms with Crippen LogP contribution in [0.1, 0.15) is 75.3 Å². The molecule has 3 heterocycles. The van der Waals surface area contributed by atoms with Gasteiger partial charge >= 0.3 is 7.32 Å². The molecule has 0 spiro atoms. The first-order chi connectivity index (χ1) is 16.6. The molecule has 0 aliphatic heterocycles. The Labute approximate surface area is 204 Å². The summed E-state index contributed by atoms with van der Waals surface area (Å²) in [7, 11) is -1.01. The molecule has 7 heteroatoms. The first-order valence-corrected chi connectivity index (χ1v) is 12.5. The standard InChI is InChI=1S/C27H36BN3O3/c1-7-19-13-16-29-22(10-4)25(19)32-28(33-26-20(8-2)14-17-30-23(26)11-5)34-27-21(9-3)15-18-31-24(27)12-6/h13-18H,7-12H2,1-6H3. The number of rotatable bonds is 12. The van der Waals surface area contributed by atoms with Crippen LogP contribution in [0.3, 0.4) is 0 Å². The number of nitrogens with zero attached hydrogens (tertiary/aromatic N) is 3. The molecule has 0 radical (unpaired) electrons. The fourth-order valence-electron chi connectivity index (χ4n) is 3.99. The summed E-state index contributed by atoms with van der Waals surface area (Å²) < 4.78 is 19.5. The van der Waals surface area contributed by atoms with Crippen molar-refractivity contribution in [3.63, 3.8) is 0 Å². The van der Waals surface area contributed by atoms with Crippen LogP contribution in [0.25, 0.3) is 0 Å². The van der Waals surface area contributed by atoms with Crippen molar-refractivity contribution < 1.29 is 14.0 Å². The van der Waals surface area contributed by atoms with E-state index in [2.05, 4.69) is 56.5 Å². The summed E-state index contributed by atoms with van der Waals surface area (Å²) >= 11 is 0. The Bertz CT molecular complexity index is 887. The molecule has 34 heavy (non-hydrogen) atoms. The van der Waals surface area contributed by atoms with Gasteiger partial charge in [-0.2, -0.15) is 0 Å². The molecular formula is C27H36BN3O3. The van der Waals surface area contributed by atoms with E-state index < -0.39 is 7.32 Å². The van der Waals surface area contributed by atoms with Gasteiger partial charge in [-0.05, 0) is 73.4 Å². The smallest absolute Gasteiger partial charge is 0.488 e. The molecule has 0 atom stereocenters. The minimum absolute atomic E-state index is 0.720. The summed E-state index contributed by atoms with van der Waals surface area (Å²) in [4.78, 5) is 13.6. The Morgan fingerprint density at radius 2 is 0.794 bits per heavy atom. The molecule has 0 saturated heterocycles. The number of aryl methyl sites for hydroxylation is 6. The summed E-state index contributed by atoms with van der Waals surface area (Å²) in [6.45, 7) is 12.5. The summed E-state index contributed by atoms with van der Waals surface area (Å²) in [5.41, 5.74) is 5.85. The average Bonchev–Trinajstić information content (AvgIpc) is 2.88. The summed E-state index contributed by atoms with van der Waals surface area (Å²) in [6, 6.07) is 5.97. The highest BCUT2D eigenvalue weighted by Crippen LogP contribution is 2.30. The Hall–Kier alpha value is -3.09. The van der Waals surface area contributed by atoms with Gasteiger partial charge in [0.05, 0.1) is 17.1 Å². The molecule has 3 aromatic heterocycles. The third-order valence-corrected chi connectivity index (χ3v) is 5.97. The van der Waals surface area contributed by atoms with E-state index >= 15 is 0 Å². The third kappa shape index (κ3) is 5.69. The van der Waals surface area contributed by atoms with Crippen LogP contribution in [0.2, 0.25) is 0 Å². The molecule has 3 rings (SSSR count). The molecule has 0 aliphatic carbocycles. The van der Waals surface area contributed by atoms with Crippen molar-refractivity contribution in [1.29, 1.82) is 0 Å². The fraction of sp³-hybridized carbons (Fsp3) is 0.444. The molecule has 3 aromatic rings. The van der Waals surface area contributed by atoms with Crippen LogP contribution in [0.4, 0.5) is 0 Å². The van der Waals surface area contributed by atoms with Gasteiger partial charge in [-0.3, -0.25) is 15.0 Å². The van der Waals surface area contributed by atoms with Gasteiger partial charge in [-0.1, -0.05) is 41.5 Å². The number of aromatic nitrogens is 3. The van der Waals surface area contributed by atoms with E-state index in [1.165, 1.54) is 0 Å². The van der Waals surface area contributed by atoms with Crippen molar-refractivity contribution in [3.8, 4) is 17.2 Å². The predicted octanol–water partition coefficient (Wildman–Crippen LogP) is 5.77. The summed E-state index contributed by atoms with van der Waals surface area (Å²) in [5.74, 6) is 2.16. The molecule has 0 unspecified atom stereocenters. The van der Waals surface area contributed by atoms with Crippen molar-refractivity contribution in [2.75, 3.05) is 0 Å². The highest BCUT2D eigenvalue weighted by atomic mass is 16.7. The summed E-state index contributed by atoms with van der Waals surface area (Å²) in [6.07, 6.45) is 10.2. The van der Waals surface area contributed by atoms with Gasteiger partial charge in [0.1, 0.15) is 17.2 Å². The maximum absolute atomic E-state index is 6.50. The highest BCUT2D eigenvalue weighted by Gasteiger charge is 2.35. The lowest BCUT2D eigenvalue weighted by atomic mass is 10.1. The molecule has 0 aliphatic rings. The zero-order valence-electron chi connectivity index (χ0n) is 21.4. The number of hydrogen-bond donors (Lipinski definition) is 0. The lowest BCUT2D eigenvalue weighted by molar-refractivity contribution is 0.297. The quantitative estimate of drug-likeness (QED) is 0.319. The molecule has 0 bridgehead atoms. The van der Waals surface area contributed by atoms with Gasteiger partial charge in [0, 0.05) is 18.6 Å². The second-order valence-electron chi connectivity index (χ2n) is 8.00. The van der Waals surface area contributed by atoms with E-state index in [4.69, 9.17) is 14.0 Å². The van der Waals surface area contributed by atoms with Gasteiger partial charge in [-0.15, -0.1) is 0 Å². The van der Waals surface area contributed by atoms with E-state index in [1.54, 1.807) is 0 Å². The van der Waals surface area contributed by atoms with Crippen molar-refractivity contribution in [2.24, 2.45) is 0 Å². The molecule has 0 amide bonds. The summed E-state index contributed by atoms with van der Waals surface area (Å²) in [5, 5.41) is 0. The van der Waals surface area contributed by atoms with Gasteiger partial charge in [0.25, 0.3) is 0 Å². The minimum atomic E-state index is -1.01. The normalized spacial score (nSPS) is 10.8. The maximum atomic E-state index is 6.50. The SMILES string of the molecule is CCc1ccnc(CC)c1OB(Oc1c(CC)ccnc1CC)Oc1c(CC)ccnc1CC. The third-order valence-electron chi connectivity index (χ3n) is 5.97. The van der Waals surface area contributed by atoms with Crippen LogP contribution in [-0.2, 0) is 38.5 Å². The molecule has 0 fully saturated rings. The van der Waals surface area contributed by atoms with E-state index in [0.717, 1.165) is 89.5 Å². The molecule has 180 valence electrons. The molecular weight excluding hydrogens is 425 g/mol. The van der Waals surface area contributed by atoms with Gasteiger partial charge in [0.15, 0.2) is 0 Å². The van der Waals surface area contributed by atoms with Crippen LogP contribution in [0.15, 0.2) is 36.8 Å². The topological polar surface area (TPSA) is 66.4 Å². The average molecular weight is 461 g/mol. The second-order valence-corrected chi connectivity index (χ2v) is 8.00. The predicted molar refractivity (Wildman–Crippen MR) is 137 cm³/mol. The largest absolute Gasteiger partial charge is 0.864 e. The Morgan fingerprint density at radius 1 is 0.500 bits per heavy atom. The number of pyridine rings is 3. The zero-order valence-corrected chi connectivity index (χ0v) is 21.4. The Morgan fingerprint density at radius 3 is 1.03 bits per heavy atom. The zero-order chi connectivity index (χ0) is 24.5.